The molecule has 5 nitrogen and oxygen atoms in total. The van der Waals surface area contributed by atoms with Gasteiger partial charge in [-0.1, -0.05) is 13.8 Å². The van der Waals surface area contributed by atoms with E-state index in [1.807, 2.05) is 0 Å². The van der Waals surface area contributed by atoms with Crippen molar-refractivity contribution < 1.29 is 19.8 Å². The van der Waals surface area contributed by atoms with E-state index in [1.54, 1.807) is 13.8 Å². The Kier molecular flexibility index (Phi) is 5.06. The Hall–Kier alpha value is -1.10. The van der Waals surface area contributed by atoms with Crippen molar-refractivity contribution in [2.45, 2.75) is 26.3 Å². The molecule has 0 bridgehead atoms. The van der Waals surface area contributed by atoms with Gasteiger partial charge in [0.05, 0.1) is 0 Å². The summed E-state index contributed by atoms with van der Waals surface area (Å²) in [7, 11) is 0. The Morgan fingerprint density at radius 1 is 1.38 bits per heavy atom. The highest BCUT2D eigenvalue weighted by Crippen LogP contribution is 1.96. The van der Waals surface area contributed by atoms with Crippen molar-refractivity contribution in [3.63, 3.8) is 0 Å². The number of aliphatic hydroxyl groups excluding tert-OH is 1. The van der Waals surface area contributed by atoms with Crippen LogP contribution in [0.4, 0.5) is 0 Å². The highest BCUT2D eigenvalue weighted by atomic mass is 16.4. The molecule has 0 rings (SSSR count). The summed E-state index contributed by atoms with van der Waals surface area (Å²) in [5.74, 6) is -1.69. The minimum atomic E-state index is -1.12. The molecule has 13 heavy (non-hydrogen) atoms. The SMILES string of the molecule is CC(C)C(=O)N[C@@H](CCO)C(=O)O. The van der Waals surface area contributed by atoms with E-state index in [9.17, 15) is 9.59 Å². The van der Waals surface area contributed by atoms with Gasteiger partial charge >= 0.3 is 5.97 Å². The van der Waals surface area contributed by atoms with Gasteiger partial charge in [0, 0.05) is 18.9 Å². The fraction of sp³-hybridized carbons (Fsp3) is 0.750. The van der Waals surface area contributed by atoms with Crippen molar-refractivity contribution >= 4 is 11.9 Å². The smallest absolute Gasteiger partial charge is 0.326 e. The molecule has 0 radical (unpaired) electrons. The molecule has 1 amide bonds. The largest absolute Gasteiger partial charge is 0.480 e. The summed E-state index contributed by atoms with van der Waals surface area (Å²) < 4.78 is 0. The van der Waals surface area contributed by atoms with Crippen molar-refractivity contribution in [1.29, 1.82) is 0 Å². The molecule has 0 aromatic heterocycles. The van der Waals surface area contributed by atoms with E-state index in [4.69, 9.17) is 10.2 Å². The van der Waals surface area contributed by atoms with Crippen LogP contribution in [0.15, 0.2) is 0 Å². The van der Waals surface area contributed by atoms with Crippen LogP contribution in [0.5, 0.6) is 0 Å². The molecule has 3 N–H and O–H groups in total. The molecule has 0 saturated heterocycles. The lowest BCUT2D eigenvalue weighted by Gasteiger charge is -2.14. The van der Waals surface area contributed by atoms with Gasteiger partial charge in [-0.25, -0.2) is 4.79 Å². The number of amides is 1. The quantitative estimate of drug-likeness (QED) is 0.549. The Balaban J connectivity index is 4.10. The van der Waals surface area contributed by atoms with Gasteiger partial charge in [0.25, 0.3) is 0 Å². The van der Waals surface area contributed by atoms with Gasteiger partial charge in [0.1, 0.15) is 6.04 Å². The Bertz CT molecular complexity index is 191. The van der Waals surface area contributed by atoms with Crippen molar-refractivity contribution in [1.82, 2.24) is 5.32 Å². The first-order valence-corrected chi connectivity index (χ1v) is 4.13. The highest BCUT2D eigenvalue weighted by molar-refractivity contribution is 5.84. The van der Waals surface area contributed by atoms with E-state index >= 15 is 0 Å². The average molecular weight is 189 g/mol. The third kappa shape index (κ3) is 4.47. The molecular weight excluding hydrogens is 174 g/mol. The summed E-state index contributed by atoms with van der Waals surface area (Å²) in [6.45, 7) is 3.09. The predicted octanol–water partition coefficient (Wildman–Crippen LogP) is -0.406. The molecule has 0 spiro atoms. The predicted molar refractivity (Wildman–Crippen MR) is 46.1 cm³/mol. The molecule has 76 valence electrons. The molecule has 0 aliphatic rings. The molecule has 1 atom stereocenters. The van der Waals surface area contributed by atoms with E-state index < -0.39 is 12.0 Å². The second-order valence-corrected chi connectivity index (χ2v) is 3.07. The third-order valence-corrected chi connectivity index (χ3v) is 1.56. The normalized spacial score (nSPS) is 12.6. The van der Waals surface area contributed by atoms with Gasteiger partial charge in [-0.05, 0) is 0 Å². The molecule has 0 aromatic rings. The highest BCUT2D eigenvalue weighted by Gasteiger charge is 2.20. The number of carbonyl (C=O) groups is 2. The van der Waals surface area contributed by atoms with Crippen LogP contribution in [0.2, 0.25) is 0 Å². The second kappa shape index (κ2) is 5.53. The van der Waals surface area contributed by atoms with Crippen LogP contribution in [0, 0.1) is 5.92 Å². The number of carbonyl (C=O) groups excluding carboxylic acids is 1. The van der Waals surface area contributed by atoms with Gasteiger partial charge in [-0.3, -0.25) is 4.79 Å². The lowest BCUT2D eigenvalue weighted by molar-refractivity contribution is -0.142. The molecular formula is C8H15NO4. The van der Waals surface area contributed by atoms with E-state index in [2.05, 4.69) is 5.32 Å². The number of aliphatic hydroxyl groups is 1. The number of hydrogen-bond donors (Lipinski definition) is 3. The number of nitrogens with one attached hydrogen (secondary N) is 1. The van der Waals surface area contributed by atoms with E-state index in [1.165, 1.54) is 0 Å². The molecule has 0 heterocycles. The van der Waals surface area contributed by atoms with Gasteiger partial charge in [0.2, 0.25) is 5.91 Å². The summed E-state index contributed by atoms with van der Waals surface area (Å²) >= 11 is 0. The minimum Gasteiger partial charge on any atom is -0.480 e. The number of rotatable bonds is 5. The molecule has 0 fully saturated rings. The van der Waals surface area contributed by atoms with Crippen LogP contribution in [-0.4, -0.2) is 34.7 Å². The van der Waals surface area contributed by atoms with Crippen LogP contribution in [-0.2, 0) is 9.59 Å². The molecule has 0 unspecified atom stereocenters. The van der Waals surface area contributed by atoms with Gasteiger partial charge in [-0.2, -0.15) is 0 Å². The number of carboxylic acid groups (broad SMARTS) is 1. The molecule has 5 heteroatoms. The average Bonchev–Trinajstić information content (AvgIpc) is 2.03. The number of aliphatic carboxylic acids is 1. The maximum atomic E-state index is 11.1. The second-order valence-electron chi connectivity index (χ2n) is 3.07. The zero-order valence-electron chi connectivity index (χ0n) is 7.78. The molecule has 0 saturated carbocycles. The molecule has 0 aromatic carbocycles. The summed E-state index contributed by atoms with van der Waals surface area (Å²) in [4.78, 5) is 21.6. The maximum absolute atomic E-state index is 11.1. The summed E-state index contributed by atoms with van der Waals surface area (Å²) in [6, 6.07) is -0.986. The Labute approximate surface area is 76.8 Å². The van der Waals surface area contributed by atoms with Crippen LogP contribution >= 0.6 is 0 Å². The Morgan fingerprint density at radius 3 is 2.23 bits per heavy atom. The van der Waals surface area contributed by atoms with Crippen molar-refractivity contribution in [2.24, 2.45) is 5.92 Å². The molecule has 0 aliphatic carbocycles. The zero-order chi connectivity index (χ0) is 10.4. The first-order chi connectivity index (χ1) is 5.99. The number of carboxylic acids is 1. The third-order valence-electron chi connectivity index (χ3n) is 1.56. The van der Waals surface area contributed by atoms with Gasteiger partial charge in [0.15, 0.2) is 0 Å². The van der Waals surface area contributed by atoms with Gasteiger partial charge < -0.3 is 15.5 Å². The minimum absolute atomic E-state index is 0.0355. The zero-order valence-corrected chi connectivity index (χ0v) is 7.78. The maximum Gasteiger partial charge on any atom is 0.326 e. The topological polar surface area (TPSA) is 86.6 Å². The van der Waals surface area contributed by atoms with Crippen LogP contribution in [0.25, 0.3) is 0 Å². The first kappa shape index (κ1) is 11.9. The summed E-state index contributed by atoms with van der Waals surface area (Å²) in [5, 5.41) is 19.4. The molecule has 0 aliphatic heterocycles. The lowest BCUT2D eigenvalue weighted by atomic mass is 10.1. The van der Waals surface area contributed by atoms with Crippen molar-refractivity contribution in [2.75, 3.05) is 6.61 Å². The summed E-state index contributed by atoms with van der Waals surface area (Å²) in [5.41, 5.74) is 0. The monoisotopic (exact) mass is 189 g/mol. The first-order valence-electron chi connectivity index (χ1n) is 4.13. The fourth-order valence-corrected chi connectivity index (χ4v) is 0.725. The number of hydrogen-bond acceptors (Lipinski definition) is 3. The standard InChI is InChI=1S/C8H15NO4/c1-5(2)7(11)9-6(3-4-10)8(12)13/h5-6,10H,3-4H2,1-2H3,(H,9,11)(H,12,13)/t6-/m0/s1. The van der Waals surface area contributed by atoms with Crippen LogP contribution < -0.4 is 5.32 Å². The van der Waals surface area contributed by atoms with Gasteiger partial charge in [-0.15, -0.1) is 0 Å². The van der Waals surface area contributed by atoms with E-state index in [-0.39, 0.29) is 24.9 Å². The van der Waals surface area contributed by atoms with Crippen molar-refractivity contribution in [3.05, 3.63) is 0 Å². The fourth-order valence-electron chi connectivity index (χ4n) is 0.725. The lowest BCUT2D eigenvalue weighted by Crippen LogP contribution is -2.43. The van der Waals surface area contributed by atoms with E-state index in [0.29, 0.717) is 0 Å². The van der Waals surface area contributed by atoms with Crippen molar-refractivity contribution in [3.8, 4) is 0 Å². The van der Waals surface area contributed by atoms with Crippen LogP contribution in [0.1, 0.15) is 20.3 Å². The van der Waals surface area contributed by atoms with Crippen LogP contribution in [0.3, 0.4) is 0 Å². The Morgan fingerprint density at radius 2 is 1.92 bits per heavy atom. The van der Waals surface area contributed by atoms with E-state index in [0.717, 1.165) is 0 Å². The summed E-state index contributed by atoms with van der Waals surface area (Å²) in [6.07, 6.45) is 0.0355.